The Morgan fingerprint density at radius 3 is 3.06 bits per heavy atom. The molecule has 16 heavy (non-hydrogen) atoms. The van der Waals surface area contributed by atoms with Crippen LogP contribution in [0, 0.1) is 0 Å². The minimum absolute atomic E-state index is 0.273. The first-order valence-corrected chi connectivity index (χ1v) is 6.20. The number of rotatable bonds is 1. The highest BCUT2D eigenvalue weighted by molar-refractivity contribution is 7.05. The number of halogens is 1. The van der Waals surface area contributed by atoms with Gasteiger partial charge in [-0.25, -0.2) is 4.98 Å². The number of fused-ring (bicyclic) bond motifs is 1. The van der Waals surface area contributed by atoms with Crippen molar-refractivity contribution in [3.63, 3.8) is 0 Å². The second-order valence-corrected chi connectivity index (χ2v) is 4.75. The quantitative estimate of drug-likeness (QED) is 0.782. The molecule has 0 amide bonds. The lowest BCUT2D eigenvalue weighted by Gasteiger charge is -2.23. The van der Waals surface area contributed by atoms with Gasteiger partial charge in [0.2, 0.25) is 5.28 Å². The van der Waals surface area contributed by atoms with Gasteiger partial charge in [0.25, 0.3) is 0 Å². The molecule has 3 nitrogen and oxygen atoms in total. The minimum atomic E-state index is 0.273. The van der Waals surface area contributed by atoms with E-state index in [-0.39, 0.29) is 5.92 Å². The summed E-state index contributed by atoms with van der Waals surface area (Å²) in [6.45, 7) is 0.721. The van der Waals surface area contributed by atoms with E-state index in [2.05, 4.69) is 15.4 Å². The minimum Gasteiger partial charge on any atom is -0.493 e. The van der Waals surface area contributed by atoms with Crippen molar-refractivity contribution in [2.24, 2.45) is 0 Å². The van der Waals surface area contributed by atoms with Crippen LogP contribution in [0.1, 0.15) is 22.9 Å². The standard InChI is InChI=1S/C11H9ClN2OS/c12-11-13-10(16-14-11)8-5-6-15-9-4-2-1-3-7(8)9/h1-4,8H,5-6H2. The Bertz CT molecular complexity index is 514. The van der Waals surface area contributed by atoms with Crippen LogP contribution in [0.15, 0.2) is 24.3 Å². The molecule has 3 rings (SSSR count). The van der Waals surface area contributed by atoms with Gasteiger partial charge in [-0.05, 0) is 35.6 Å². The molecule has 0 fully saturated rings. The molecule has 1 aromatic heterocycles. The van der Waals surface area contributed by atoms with Gasteiger partial charge in [-0.2, -0.15) is 4.37 Å². The first-order chi connectivity index (χ1) is 7.84. The molecule has 1 aliphatic rings. The molecule has 0 radical (unpaired) electrons. The molecule has 82 valence electrons. The maximum absolute atomic E-state index is 5.76. The van der Waals surface area contributed by atoms with E-state index in [4.69, 9.17) is 16.3 Å². The molecule has 0 saturated carbocycles. The van der Waals surface area contributed by atoms with Gasteiger partial charge in [-0.3, -0.25) is 0 Å². The van der Waals surface area contributed by atoms with Crippen molar-refractivity contribution in [1.29, 1.82) is 0 Å². The van der Waals surface area contributed by atoms with Gasteiger partial charge < -0.3 is 4.74 Å². The Hall–Kier alpha value is -1.13. The zero-order valence-electron chi connectivity index (χ0n) is 8.39. The van der Waals surface area contributed by atoms with Crippen molar-refractivity contribution in [3.8, 4) is 5.75 Å². The third-order valence-corrected chi connectivity index (χ3v) is 3.77. The fraction of sp³-hybridized carbons (Fsp3) is 0.273. The molecule has 1 unspecified atom stereocenters. The van der Waals surface area contributed by atoms with Crippen LogP contribution in [0.25, 0.3) is 0 Å². The lowest BCUT2D eigenvalue weighted by Crippen LogP contribution is -2.14. The van der Waals surface area contributed by atoms with E-state index < -0.39 is 0 Å². The van der Waals surface area contributed by atoms with Gasteiger partial charge in [-0.1, -0.05) is 18.2 Å². The molecular weight excluding hydrogens is 244 g/mol. The van der Waals surface area contributed by atoms with Crippen LogP contribution < -0.4 is 4.74 Å². The van der Waals surface area contributed by atoms with E-state index in [9.17, 15) is 0 Å². The van der Waals surface area contributed by atoms with E-state index in [1.807, 2.05) is 18.2 Å². The summed E-state index contributed by atoms with van der Waals surface area (Å²) in [6, 6.07) is 8.07. The number of hydrogen-bond acceptors (Lipinski definition) is 4. The zero-order chi connectivity index (χ0) is 11.0. The lowest BCUT2D eigenvalue weighted by molar-refractivity contribution is 0.277. The Labute approximate surface area is 102 Å². The van der Waals surface area contributed by atoms with E-state index in [0.717, 1.165) is 23.8 Å². The van der Waals surface area contributed by atoms with Crippen molar-refractivity contribution in [3.05, 3.63) is 40.1 Å². The molecule has 2 heterocycles. The zero-order valence-corrected chi connectivity index (χ0v) is 9.96. The lowest BCUT2D eigenvalue weighted by atomic mass is 9.94. The second-order valence-electron chi connectivity index (χ2n) is 3.63. The van der Waals surface area contributed by atoms with Crippen LogP contribution in [0.5, 0.6) is 5.75 Å². The smallest absolute Gasteiger partial charge is 0.234 e. The topological polar surface area (TPSA) is 35.0 Å². The Kier molecular flexibility index (Phi) is 2.53. The first-order valence-electron chi connectivity index (χ1n) is 5.05. The summed E-state index contributed by atoms with van der Waals surface area (Å²) in [7, 11) is 0. The molecule has 0 bridgehead atoms. The van der Waals surface area contributed by atoms with Gasteiger partial charge in [0.15, 0.2) is 0 Å². The summed E-state index contributed by atoms with van der Waals surface area (Å²) < 4.78 is 9.63. The number of para-hydroxylation sites is 1. The van der Waals surface area contributed by atoms with Crippen LogP contribution in [0.3, 0.4) is 0 Å². The van der Waals surface area contributed by atoms with Crippen molar-refractivity contribution in [1.82, 2.24) is 9.36 Å². The molecule has 1 aromatic carbocycles. The van der Waals surface area contributed by atoms with Crippen LogP contribution in [0.2, 0.25) is 5.28 Å². The third-order valence-electron chi connectivity index (χ3n) is 2.67. The number of ether oxygens (including phenoxy) is 1. The van der Waals surface area contributed by atoms with Gasteiger partial charge in [0, 0.05) is 11.5 Å². The first kappa shape index (κ1) is 10.1. The largest absolute Gasteiger partial charge is 0.493 e. The third kappa shape index (κ3) is 1.68. The molecular formula is C11H9ClN2OS. The predicted octanol–water partition coefficient (Wildman–Crippen LogP) is 3.11. The summed E-state index contributed by atoms with van der Waals surface area (Å²) in [5, 5.41) is 1.31. The average molecular weight is 253 g/mol. The summed E-state index contributed by atoms with van der Waals surface area (Å²) in [5.74, 6) is 1.22. The van der Waals surface area contributed by atoms with Crippen molar-refractivity contribution in [2.45, 2.75) is 12.3 Å². The van der Waals surface area contributed by atoms with Crippen LogP contribution in [0.4, 0.5) is 0 Å². The van der Waals surface area contributed by atoms with Gasteiger partial charge >= 0.3 is 0 Å². The van der Waals surface area contributed by atoms with E-state index in [0.29, 0.717) is 5.28 Å². The van der Waals surface area contributed by atoms with E-state index in [1.54, 1.807) is 0 Å². The highest BCUT2D eigenvalue weighted by atomic mass is 35.5. The second kappa shape index (κ2) is 4.03. The van der Waals surface area contributed by atoms with Gasteiger partial charge in [0.05, 0.1) is 6.61 Å². The predicted molar refractivity (Wildman–Crippen MR) is 63.3 cm³/mol. The molecule has 5 heteroatoms. The molecule has 0 N–H and O–H groups in total. The molecule has 1 aliphatic heterocycles. The summed E-state index contributed by atoms with van der Waals surface area (Å²) >= 11 is 7.13. The maximum atomic E-state index is 5.76. The highest BCUT2D eigenvalue weighted by Crippen LogP contribution is 2.38. The Morgan fingerprint density at radius 2 is 2.25 bits per heavy atom. The van der Waals surface area contributed by atoms with Gasteiger partial charge in [-0.15, -0.1) is 0 Å². The summed E-state index contributed by atoms with van der Waals surface area (Å²) in [5.41, 5.74) is 1.18. The molecule has 0 spiro atoms. The number of nitrogens with zero attached hydrogens (tertiary/aromatic N) is 2. The molecule has 2 aromatic rings. The fourth-order valence-corrected chi connectivity index (χ4v) is 2.91. The van der Waals surface area contributed by atoms with Crippen molar-refractivity contribution >= 4 is 23.1 Å². The Balaban J connectivity index is 2.04. The van der Waals surface area contributed by atoms with Crippen molar-refractivity contribution < 1.29 is 4.74 Å². The molecule has 0 saturated heterocycles. The van der Waals surface area contributed by atoms with Crippen LogP contribution in [-0.4, -0.2) is 16.0 Å². The normalized spacial score (nSPS) is 18.9. The van der Waals surface area contributed by atoms with E-state index >= 15 is 0 Å². The summed E-state index contributed by atoms with van der Waals surface area (Å²) in [4.78, 5) is 4.25. The number of aromatic nitrogens is 2. The number of benzene rings is 1. The van der Waals surface area contributed by atoms with Crippen LogP contribution >= 0.6 is 23.1 Å². The number of hydrogen-bond donors (Lipinski definition) is 0. The monoisotopic (exact) mass is 252 g/mol. The van der Waals surface area contributed by atoms with Gasteiger partial charge in [0.1, 0.15) is 10.8 Å². The maximum Gasteiger partial charge on any atom is 0.234 e. The summed E-state index contributed by atoms with van der Waals surface area (Å²) in [6.07, 6.45) is 0.933. The highest BCUT2D eigenvalue weighted by Gasteiger charge is 2.25. The molecule has 1 atom stereocenters. The molecule has 0 aliphatic carbocycles. The van der Waals surface area contributed by atoms with Crippen LogP contribution in [-0.2, 0) is 0 Å². The fourth-order valence-electron chi connectivity index (χ4n) is 1.96. The van der Waals surface area contributed by atoms with Crippen molar-refractivity contribution in [2.75, 3.05) is 6.61 Å². The van der Waals surface area contributed by atoms with E-state index in [1.165, 1.54) is 17.1 Å². The Morgan fingerprint density at radius 1 is 1.38 bits per heavy atom. The average Bonchev–Trinajstić information content (AvgIpc) is 2.75. The SMILES string of the molecule is Clc1nsc(C2CCOc3ccccc32)n1.